The molecule has 1 amide bonds. The summed E-state index contributed by atoms with van der Waals surface area (Å²) < 4.78 is 15.9. The molecule has 0 aliphatic rings. The molecule has 144 valence electrons. The van der Waals surface area contributed by atoms with Gasteiger partial charge >= 0.3 is 5.97 Å². The highest BCUT2D eigenvalue weighted by Crippen LogP contribution is 2.19. The lowest BCUT2D eigenvalue weighted by atomic mass is 10.1. The molecule has 0 saturated carbocycles. The van der Waals surface area contributed by atoms with E-state index in [1.54, 1.807) is 48.5 Å². The van der Waals surface area contributed by atoms with Crippen molar-refractivity contribution in [3.05, 3.63) is 54.1 Å². The molecule has 0 aliphatic heterocycles. The van der Waals surface area contributed by atoms with Crippen LogP contribution in [0.4, 0.5) is 0 Å². The highest BCUT2D eigenvalue weighted by atomic mass is 16.5. The lowest BCUT2D eigenvalue weighted by Crippen LogP contribution is -2.36. The molecule has 0 fully saturated rings. The number of carbonyl (C=O) groups is 2. The van der Waals surface area contributed by atoms with E-state index in [0.717, 1.165) is 12.2 Å². The van der Waals surface area contributed by atoms with Crippen LogP contribution in [-0.2, 0) is 9.59 Å². The summed E-state index contributed by atoms with van der Waals surface area (Å²) in [5, 5.41) is 11.8. The van der Waals surface area contributed by atoms with Crippen molar-refractivity contribution in [3.63, 3.8) is 0 Å². The molecule has 0 aromatic heterocycles. The number of carboxylic acid groups (broad SMARTS) is 1. The van der Waals surface area contributed by atoms with Crippen molar-refractivity contribution in [1.82, 2.24) is 5.32 Å². The number of carbonyl (C=O) groups excluding carboxylic acids is 1. The molecule has 1 atom stereocenters. The van der Waals surface area contributed by atoms with Crippen molar-refractivity contribution in [2.24, 2.45) is 0 Å². The molecule has 0 heterocycles. The third-order valence-corrected chi connectivity index (χ3v) is 3.67. The van der Waals surface area contributed by atoms with E-state index < -0.39 is 17.9 Å². The Labute approximate surface area is 157 Å². The summed E-state index contributed by atoms with van der Waals surface area (Å²) in [6.07, 6.45) is 0.914. The van der Waals surface area contributed by atoms with Gasteiger partial charge in [-0.3, -0.25) is 4.79 Å². The van der Waals surface area contributed by atoms with Gasteiger partial charge in [-0.25, -0.2) is 4.79 Å². The van der Waals surface area contributed by atoms with Gasteiger partial charge in [0.2, 0.25) is 0 Å². The normalized spacial score (nSPS) is 11.3. The quantitative estimate of drug-likeness (QED) is 0.665. The summed E-state index contributed by atoms with van der Waals surface area (Å²) in [5.41, 5.74) is 0.439. The van der Waals surface area contributed by atoms with Crippen LogP contribution >= 0.6 is 0 Å². The van der Waals surface area contributed by atoms with E-state index in [9.17, 15) is 14.7 Å². The highest BCUT2D eigenvalue weighted by Gasteiger charge is 2.22. The van der Waals surface area contributed by atoms with Crippen molar-refractivity contribution in [2.45, 2.75) is 19.4 Å². The fourth-order valence-electron chi connectivity index (χ4n) is 2.29. The minimum Gasteiger partial charge on any atom is -0.497 e. The second-order valence-corrected chi connectivity index (χ2v) is 5.72. The van der Waals surface area contributed by atoms with Gasteiger partial charge in [-0.05, 0) is 48.4 Å². The Balaban J connectivity index is 1.90. The molecule has 2 N–H and O–H groups in total. The predicted octanol–water partition coefficient (Wildman–Crippen LogP) is 2.80. The third kappa shape index (κ3) is 6.22. The highest BCUT2D eigenvalue weighted by molar-refractivity contribution is 5.85. The maximum atomic E-state index is 12.1. The largest absolute Gasteiger partial charge is 0.497 e. The number of benzene rings is 2. The first-order valence-electron chi connectivity index (χ1n) is 8.55. The van der Waals surface area contributed by atoms with Crippen molar-refractivity contribution in [2.75, 3.05) is 20.3 Å². The van der Waals surface area contributed by atoms with Crippen molar-refractivity contribution in [1.29, 1.82) is 0 Å². The van der Waals surface area contributed by atoms with E-state index in [1.165, 1.54) is 7.11 Å². The number of ether oxygens (including phenoxy) is 3. The van der Waals surface area contributed by atoms with Crippen LogP contribution in [0.3, 0.4) is 0 Å². The summed E-state index contributed by atoms with van der Waals surface area (Å²) in [5.74, 6) is 0.115. The Hall–Kier alpha value is -3.22. The molecule has 7 nitrogen and oxygen atoms in total. The summed E-state index contributed by atoms with van der Waals surface area (Å²) in [6.45, 7) is 2.35. The van der Waals surface area contributed by atoms with Gasteiger partial charge < -0.3 is 24.6 Å². The van der Waals surface area contributed by atoms with Crippen molar-refractivity contribution >= 4 is 11.9 Å². The van der Waals surface area contributed by atoms with E-state index in [4.69, 9.17) is 14.2 Å². The van der Waals surface area contributed by atoms with E-state index >= 15 is 0 Å². The van der Waals surface area contributed by atoms with Crippen LogP contribution in [0, 0.1) is 0 Å². The third-order valence-electron chi connectivity index (χ3n) is 3.67. The fourth-order valence-corrected chi connectivity index (χ4v) is 2.29. The smallest absolute Gasteiger partial charge is 0.330 e. The summed E-state index contributed by atoms with van der Waals surface area (Å²) in [6, 6.07) is 12.2. The molecule has 0 radical (unpaired) electrons. The topological polar surface area (TPSA) is 94.1 Å². The lowest BCUT2D eigenvalue weighted by Gasteiger charge is -2.15. The average Bonchev–Trinajstić information content (AvgIpc) is 2.69. The maximum Gasteiger partial charge on any atom is 0.330 e. The SMILES string of the molecule is CCCOc1ccc(OCC(=O)NC(C(=O)O)c2ccc(OC)cc2)cc1. The molecule has 0 spiro atoms. The van der Waals surface area contributed by atoms with E-state index in [2.05, 4.69) is 5.32 Å². The van der Waals surface area contributed by atoms with Crippen LogP contribution in [0.25, 0.3) is 0 Å². The fraction of sp³-hybridized carbons (Fsp3) is 0.300. The van der Waals surface area contributed by atoms with Crippen LogP contribution in [-0.4, -0.2) is 37.3 Å². The zero-order chi connectivity index (χ0) is 19.6. The van der Waals surface area contributed by atoms with Gasteiger partial charge in [-0.15, -0.1) is 0 Å². The lowest BCUT2D eigenvalue weighted by molar-refractivity contribution is -0.142. The zero-order valence-electron chi connectivity index (χ0n) is 15.3. The molecule has 1 unspecified atom stereocenters. The summed E-state index contributed by atoms with van der Waals surface area (Å²) >= 11 is 0. The Bertz CT molecular complexity index is 742. The monoisotopic (exact) mass is 373 g/mol. The first-order chi connectivity index (χ1) is 13.0. The number of nitrogens with one attached hydrogen (secondary N) is 1. The van der Waals surface area contributed by atoms with Crippen LogP contribution in [0.1, 0.15) is 24.9 Å². The number of hydrogen-bond acceptors (Lipinski definition) is 5. The molecular weight excluding hydrogens is 350 g/mol. The van der Waals surface area contributed by atoms with Crippen LogP contribution in [0.5, 0.6) is 17.2 Å². The van der Waals surface area contributed by atoms with E-state index in [0.29, 0.717) is 23.7 Å². The number of rotatable bonds is 10. The Morgan fingerprint density at radius 1 is 0.963 bits per heavy atom. The van der Waals surface area contributed by atoms with Crippen molar-refractivity contribution < 1.29 is 28.9 Å². The molecule has 0 bridgehead atoms. The molecule has 0 saturated heterocycles. The van der Waals surface area contributed by atoms with Gasteiger partial charge in [0.15, 0.2) is 12.6 Å². The molecular formula is C20H23NO6. The molecule has 27 heavy (non-hydrogen) atoms. The van der Waals surface area contributed by atoms with Gasteiger partial charge in [0.1, 0.15) is 17.2 Å². The number of aliphatic carboxylic acids is 1. The van der Waals surface area contributed by atoms with E-state index in [1.807, 2.05) is 6.92 Å². The van der Waals surface area contributed by atoms with Crippen LogP contribution < -0.4 is 19.5 Å². The minimum atomic E-state index is -1.17. The maximum absolute atomic E-state index is 12.1. The molecule has 7 heteroatoms. The standard InChI is InChI=1S/C20H23NO6/c1-3-12-26-16-8-10-17(11-9-16)27-13-18(22)21-19(20(23)24)14-4-6-15(25-2)7-5-14/h4-11,19H,3,12-13H2,1-2H3,(H,21,22)(H,23,24). The number of hydrogen-bond donors (Lipinski definition) is 2. The summed E-state index contributed by atoms with van der Waals surface area (Å²) in [4.78, 5) is 23.6. The minimum absolute atomic E-state index is 0.297. The Morgan fingerprint density at radius 2 is 1.52 bits per heavy atom. The molecule has 2 aromatic carbocycles. The molecule has 0 aliphatic carbocycles. The van der Waals surface area contributed by atoms with Crippen LogP contribution in [0.15, 0.2) is 48.5 Å². The number of amides is 1. The van der Waals surface area contributed by atoms with Crippen LogP contribution in [0.2, 0.25) is 0 Å². The van der Waals surface area contributed by atoms with Gasteiger partial charge in [0, 0.05) is 0 Å². The van der Waals surface area contributed by atoms with Gasteiger partial charge in [-0.1, -0.05) is 19.1 Å². The van der Waals surface area contributed by atoms with E-state index in [-0.39, 0.29) is 6.61 Å². The number of methoxy groups -OCH3 is 1. The first kappa shape index (κ1) is 20.1. The van der Waals surface area contributed by atoms with Crippen molar-refractivity contribution in [3.8, 4) is 17.2 Å². The second-order valence-electron chi connectivity index (χ2n) is 5.72. The molecule has 2 rings (SSSR count). The average molecular weight is 373 g/mol. The Morgan fingerprint density at radius 3 is 2.04 bits per heavy atom. The van der Waals surface area contributed by atoms with Gasteiger partial charge in [0.25, 0.3) is 5.91 Å². The van der Waals surface area contributed by atoms with Gasteiger partial charge in [0.05, 0.1) is 13.7 Å². The second kappa shape index (κ2) is 10.1. The predicted molar refractivity (Wildman–Crippen MR) is 99.2 cm³/mol. The summed E-state index contributed by atoms with van der Waals surface area (Å²) in [7, 11) is 1.52. The Kier molecular flexibility index (Phi) is 7.49. The molecule has 2 aromatic rings. The number of carboxylic acids is 1. The van der Waals surface area contributed by atoms with Gasteiger partial charge in [-0.2, -0.15) is 0 Å². The first-order valence-corrected chi connectivity index (χ1v) is 8.55. The zero-order valence-corrected chi connectivity index (χ0v) is 15.3.